The van der Waals surface area contributed by atoms with Gasteiger partial charge < -0.3 is 15.0 Å². The minimum atomic E-state index is -4.97. The quantitative estimate of drug-likeness (QED) is 0.743. The van der Waals surface area contributed by atoms with Crippen LogP contribution in [0.4, 0.5) is 26.3 Å². The van der Waals surface area contributed by atoms with Crippen LogP contribution in [-0.2, 0) is 12.4 Å². The molecule has 0 unspecified atom stereocenters. The number of ether oxygens (including phenoxy) is 1. The highest BCUT2D eigenvalue weighted by Gasteiger charge is 2.37. The monoisotopic (exact) mass is 418 g/mol. The van der Waals surface area contributed by atoms with E-state index in [2.05, 4.69) is 5.32 Å². The van der Waals surface area contributed by atoms with E-state index in [1.165, 1.54) is 24.3 Å². The van der Waals surface area contributed by atoms with E-state index in [9.17, 15) is 31.1 Å². The van der Waals surface area contributed by atoms with Crippen molar-refractivity contribution in [2.24, 2.45) is 0 Å². The van der Waals surface area contributed by atoms with E-state index in [0.717, 1.165) is 0 Å². The van der Waals surface area contributed by atoms with Crippen molar-refractivity contribution in [3.8, 4) is 11.5 Å². The van der Waals surface area contributed by atoms with Crippen LogP contribution in [0.3, 0.4) is 0 Å². The fourth-order valence-corrected chi connectivity index (χ4v) is 2.86. The molecular formula is C19H16F6N2O2. The molecule has 1 aliphatic rings. The molecule has 0 saturated carbocycles. The Morgan fingerprint density at radius 2 is 1.45 bits per heavy atom. The summed E-state index contributed by atoms with van der Waals surface area (Å²) in [6.45, 7) is 2.25. The number of piperazine rings is 1. The smallest absolute Gasteiger partial charge is 0.416 e. The van der Waals surface area contributed by atoms with Gasteiger partial charge in [0.15, 0.2) is 0 Å². The molecule has 0 bridgehead atoms. The number of carbonyl (C=O) groups is 1. The SMILES string of the molecule is O=C(c1cccc(Oc2cc(C(F)(F)F)cc(C(F)(F)F)c2)c1)N1CCNCC1. The number of nitrogens with zero attached hydrogens (tertiary/aromatic N) is 1. The molecule has 1 saturated heterocycles. The van der Waals surface area contributed by atoms with Gasteiger partial charge in [0.25, 0.3) is 5.91 Å². The summed E-state index contributed by atoms with van der Waals surface area (Å²) in [6, 6.07) is 6.59. The summed E-state index contributed by atoms with van der Waals surface area (Å²) in [5.74, 6) is -0.964. The molecule has 1 amide bonds. The molecular weight excluding hydrogens is 402 g/mol. The summed E-state index contributed by atoms with van der Waals surface area (Å²) >= 11 is 0. The fourth-order valence-electron chi connectivity index (χ4n) is 2.86. The van der Waals surface area contributed by atoms with Crippen LogP contribution in [0, 0.1) is 0 Å². The number of rotatable bonds is 3. The molecule has 0 aromatic heterocycles. The Labute approximate surface area is 162 Å². The van der Waals surface area contributed by atoms with Gasteiger partial charge in [-0.2, -0.15) is 26.3 Å². The lowest BCUT2D eigenvalue weighted by Gasteiger charge is -2.27. The molecule has 1 aliphatic heterocycles. The zero-order valence-corrected chi connectivity index (χ0v) is 14.9. The van der Waals surface area contributed by atoms with Crippen molar-refractivity contribution >= 4 is 5.91 Å². The third-order valence-corrected chi connectivity index (χ3v) is 4.28. The van der Waals surface area contributed by atoms with E-state index in [4.69, 9.17) is 4.74 Å². The van der Waals surface area contributed by atoms with Gasteiger partial charge >= 0.3 is 12.4 Å². The van der Waals surface area contributed by atoms with Crippen LogP contribution in [0.5, 0.6) is 11.5 Å². The van der Waals surface area contributed by atoms with E-state index in [-0.39, 0.29) is 23.3 Å². The maximum atomic E-state index is 13.0. The van der Waals surface area contributed by atoms with Crippen LogP contribution in [0.25, 0.3) is 0 Å². The highest BCUT2D eigenvalue weighted by Crippen LogP contribution is 2.39. The minimum Gasteiger partial charge on any atom is -0.457 e. The zero-order valence-electron chi connectivity index (χ0n) is 14.9. The van der Waals surface area contributed by atoms with E-state index in [1.807, 2.05) is 0 Å². The number of halogens is 6. The van der Waals surface area contributed by atoms with Crippen molar-refractivity contribution in [3.63, 3.8) is 0 Å². The van der Waals surface area contributed by atoms with E-state index < -0.39 is 29.2 Å². The molecule has 0 aliphatic carbocycles. The molecule has 2 aromatic rings. The second kappa shape index (κ2) is 7.94. The van der Waals surface area contributed by atoms with Crippen molar-refractivity contribution in [2.45, 2.75) is 12.4 Å². The number of hydrogen-bond donors (Lipinski definition) is 1. The zero-order chi connectivity index (χ0) is 21.2. The standard InChI is InChI=1S/C19H16F6N2O2/c20-18(21,22)13-9-14(19(23,24)25)11-16(10-13)29-15-3-1-2-12(8-15)17(28)27-6-4-26-5-7-27/h1-3,8-11,26H,4-7H2. The summed E-state index contributed by atoms with van der Waals surface area (Å²) in [7, 11) is 0. The van der Waals surface area contributed by atoms with Crippen LogP contribution in [0.2, 0.25) is 0 Å². The third-order valence-electron chi connectivity index (χ3n) is 4.28. The van der Waals surface area contributed by atoms with Gasteiger partial charge in [0.1, 0.15) is 11.5 Å². The molecule has 1 N–H and O–H groups in total. The lowest BCUT2D eigenvalue weighted by molar-refractivity contribution is -0.143. The highest BCUT2D eigenvalue weighted by molar-refractivity contribution is 5.94. The normalized spacial score (nSPS) is 15.3. The summed E-state index contributed by atoms with van der Waals surface area (Å²) in [5, 5.41) is 3.10. The first kappa shape index (κ1) is 21.0. The maximum Gasteiger partial charge on any atom is 0.416 e. The third kappa shape index (κ3) is 5.20. The number of nitrogens with one attached hydrogen (secondary N) is 1. The van der Waals surface area contributed by atoms with Crippen LogP contribution in [0.1, 0.15) is 21.5 Å². The minimum absolute atomic E-state index is 0.0250. The van der Waals surface area contributed by atoms with Gasteiger partial charge in [-0.05, 0) is 36.4 Å². The molecule has 156 valence electrons. The van der Waals surface area contributed by atoms with Crippen LogP contribution >= 0.6 is 0 Å². The fraction of sp³-hybridized carbons (Fsp3) is 0.316. The molecule has 4 nitrogen and oxygen atoms in total. The molecule has 29 heavy (non-hydrogen) atoms. The van der Waals surface area contributed by atoms with Crippen LogP contribution < -0.4 is 10.1 Å². The Morgan fingerprint density at radius 3 is 2.00 bits per heavy atom. The molecule has 1 fully saturated rings. The van der Waals surface area contributed by atoms with Gasteiger partial charge in [0, 0.05) is 31.7 Å². The largest absolute Gasteiger partial charge is 0.457 e. The van der Waals surface area contributed by atoms with Crippen LogP contribution in [0.15, 0.2) is 42.5 Å². The Balaban J connectivity index is 1.88. The highest BCUT2D eigenvalue weighted by atomic mass is 19.4. The Hall–Kier alpha value is -2.75. The average Bonchev–Trinajstić information content (AvgIpc) is 2.67. The summed E-state index contributed by atoms with van der Waals surface area (Å²) in [6.07, 6.45) is -9.95. The molecule has 0 atom stereocenters. The predicted octanol–water partition coefficient (Wildman–Crippen LogP) is 4.56. The molecule has 0 spiro atoms. The first-order chi connectivity index (χ1) is 13.5. The van der Waals surface area contributed by atoms with Crippen molar-refractivity contribution in [3.05, 3.63) is 59.2 Å². The number of benzene rings is 2. The van der Waals surface area contributed by atoms with Gasteiger partial charge in [0.2, 0.25) is 0 Å². The van der Waals surface area contributed by atoms with Crippen molar-refractivity contribution < 1.29 is 35.9 Å². The van der Waals surface area contributed by atoms with Gasteiger partial charge in [-0.25, -0.2) is 0 Å². The van der Waals surface area contributed by atoms with Crippen molar-refractivity contribution in [1.82, 2.24) is 10.2 Å². The summed E-state index contributed by atoms with van der Waals surface area (Å²) < 4.78 is 83.1. The second-order valence-corrected chi connectivity index (χ2v) is 6.41. The number of carbonyl (C=O) groups excluding carboxylic acids is 1. The van der Waals surface area contributed by atoms with Crippen LogP contribution in [-0.4, -0.2) is 37.0 Å². The van der Waals surface area contributed by atoms with Gasteiger partial charge in [-0.15, -0.1) is 0 Å². The predicted molar refractivity (Wildman–Crippen MR) is 91.7 cm³/mol. The lowest BCUT2D eigenvalue weighted by atomic mass is 10.1. The first-order valence-corrected chi connectivity index (χ1v) is 8.61. The first-order valence-electron chi connectivity index (χ1n) is 8.61. The van der Waals surface area contributed by atoms with Gasteiger partial charge in [-0.1, -0.05) is 6.07 Å². The molecule has 10 heteroatoms. The Bertz CT molecular complexity index is 857. The number of alkyl halides is 6. The van der Waals surface area contributed by atoms with Gasteiger partial charge in [-0.3, -0.25) is 4.79 Å². The van der Waals surface area contributed by atoms with E-state index in [1.54, 1.807) is 4.90 Å². The van der Waals surface area contributed by atoms with Crippen molar-refractivity contribution in [1.29, 1.82) is 0 Å². The van der Waals surface area contributed by atoms with E-state index >= 15 is 0 Å². The Morgan fingerprint density at radius 1 is 0.862 bits per heavy atom. The number of amides is 1. The van der Waals surface area contributed by atoms with Gasteiger partial charge in [0.05, 0.1) is 11.1 Å². The maximum absolute atomic E-state index is 13.0. The Kier molecular flexibility index (Phi) is 5.74. The average molecular weight is 418 g/mol. The molecule has 3 rings (SSSR count). The lowest BCUT2D eigenvalue weighted by Crippen LogP contribution is -2.46. The van der Waals surface area contributed by atoms with Crippen molar-refractivity contribution in [2.75, 3.05) is 26.2 Å². The molecule has 1 heterocycles. The second-order valence-electron chi connectivity index (χ2n) is 6.41. The summed E-state index contributed by atoms with van der Waals surface area (Å²) in [5.41, 5.74) is -2.72. The number of hydrogen-bond acceptors (Lipinski definition) is 3. The van der Waals surface area contributed by atoms with E-state index in [0.29, 0.717) is 38.3 Å². The molecule has 2 aromatic carbocycles. The molecule has 0 radical (unpaired) electrons. The topological polar surface area (TPSA) is 41.6 Å². The summed E-state index contributed by atoms with van der Waals surface area (Å²) in [4.78, 5) is 14.1.